The van der Waals surface area contributed by atoms with Crippen LogP contribution in [-0.4, -0.2) is 23.7 Å². The molecule has 0 unspecified atom stereocenters. The summed E-state index contributed by atoms with van der Waals surface area (Å²) in [7, 11) is 0. The van der Waals surface area contributed by atoms with Crippen LogP contribution in [0.15, 0.2) is 59.1 Å². The smallest absolute Gasteiger partial charge is 0.273 e. The highest BCUT2D eigenvalue weighted by atomic mass is 19.1. The van der Waals surface area contributed by atoms with Crippen LogP contribution in [0.2, 0.25) is 0 Å². The lowest BCUT2D eigenvalue weighted by Crippen LogP contribution is -2.25. The minimum atomic E-state index is -0.425. The first-order valence-corrected chi connectivity index (χ1v) is 8.78. The molecule has 1 N–H and O–H groups in total. The second-order valence-corrected chi connectivity index (χ2v) is 6.37. The molecule has 2 aromatic carbocycles. The number of halogens is 1. The monoisotopic (exact) mass is 368 g/mol. The summed E-state index contributed by atoms with van der Waals surface area (Å²) in [5.74, 6) is 0.256. The normalized spacial score (nSPS) is 10.8. The predicted molar refractivity (Wildman–Crippen MR) is 100 cm³/mol. The van der Waals surface area contributed by atoms with Crippen LogP contribution in [0, 0.1) is 5.82 Å². The van der Waals surface area contributed by atoms with Gasteiger partial charge in [0.05, 0.1) is 11.7 Å². The first-order chi connectivity index (χ1) is 13.0. The van der Waals surface area contributed by atoms with E-state index in [9.17, 15) is 9.18 Å². The number of rotatable bonds is 7. The molecule has 0 aliphatic rings. The highest BCUT2D eigenvalue weighted by Crippen LogP contribution is 2.23. The van der Waals surface area contributed by atoms with Gasteiger partial charge < -0.3 is 14.6 Å². The van der Waals surface area contributed by atoms with Crippen LogP contribution in [0.25, 0.3) is 11.3 Å². The Hall–Kier alpha value is -3.15. The molecule has 27 heavy (non-hydrogen) atoms. The van der Waals surface area contributed by atoms with Gasteiger partial charge >= 0.3 is 0 Å². The molecular weight excluding hydrogens is 347 g/mol. The molecule has 1 aromatic heterocycles. The van der Waals surface area contributed by atoms with E-state index in [0.717, 1.165) is 11.3 Å². The Bertz CT molecular complexity index is 904. The lowest BCUT2D eigenvalue weighted by Gasteiger charge is -2.10. The van der Waals surface area contributed by atoms with Gasteiger partial charge in [-0.05, 0) is 50.1 Å². The molecule has 6 heteroatoms. The van der Waals surface area contributed by atoms with Gasteiger partial charge in [-0.15, -0.1) is 0 Å². The van der Waals surface area contributed by atoms with Crippen molar-refractivity contribution in [3.63, 3.8) is 0 Å². The topological polar surface area (TPSA) is 64.4 Å². The van der Waals surface area contributed by atoms with Crippen molar-refractivity contribution in [1.29, 1.82) is 0 Å². The van der Waals surface area contributed by atoms with E-state index < -0.39 is 5.82 Å². The van der Waals surface area contributed by atoms with E-state index in [2.05, 4.69) is 10.5 Å². The van der Waals surface area contributed by atoms with Gasteiger partial charge in [0.1, 0.15) is 11.6 Å². The average Bonchev–Trinajstić information content (AvgIpc) is 3.13. The van der Waals surface area contributed by atoms with Crippen LogP contribution in [0.4, 0.5) is 4.39 Å². The summed E-state index contributed by atoms with van der Waals surface area (Å²) in [4.78, 5) is 12.2. The molecule has 3 aromatic rings. The fourth-order valence-corrected chi connectivity index (χ4v) is 2.59. The highest BCUT2D eigenvalue weighted by molar-refractivity contribution is 5.93. The van der Waals surface area contributed by atoms with Gasteiger partial charge in [0.15, 0.2) is 11.5 Å². The van der Waals surface area contributed by atoms with Crippen LogP contribution in [0.1, 0.15) is 29.9 Å². The number of amides is 1. The third-order valence-corrected chi connectivity index (χ3v) is 3.88. The molecule has 0 radical (unpaired) electrons. The van der Waals surface area contributed by atoms with E-state index in [1.807, 2.05) is 38.1 Å². The molecule has 0 fully saturated rings. The standard InChI is InChI=1S/C21H21FN2O3/c1-14(2)26-16-9-7-15(8-10-16)11-12-23-21(25)19-13-20(27-24-19)17-5-3-4-6-18(17)22/h3-10,13-14H,11-12H2,1-2H3,(H,23,25). The zero-order valence-electron chi connectivity index (χ0n) is 15.2. The van der Waals surface area contributed by atoms with Crippen LogP contribution in [0.5, 0.6) is 5.75 Å². The van der Waals surface area contributed by atoms with Gasteiger partial charge in [0.25, 0.3) is 5.91 Å². The summed E-state index contributed by atoms with van der Waals surface area (Å²) in [6, 6.07) is 15.4. The molecule has 0 saturated heterocycles. The van der Waals surface area contributed by atoms with Crippen molar-refractivity contribution >= 4 is 5.91 Å². The second-order valence-electron chi connectivity index (χ2n) is 6.37. The number of carbonyl (C=O) groups excluding carboxylic acids is 1. The van der Waals surface area contributed by atoms with Crippen molar-refractivity contribution in [2.75, 3.05) is 6.54 Å². The van der Waals surface area contributed by atoms with Crippen molar-refractivity contribution in [1.82, 2.24) is 10.5 Å². The second kappa shape index (κ2) is 8.49. The maximum Gasteiger partial charge on any atom is 0.273 e. The maximum absolute atomic E-state index is 13.8. The Morgan fingerprint density at radius 1 is 1.19 bits per heavy atom. The van der Waals surface area contributed by atoms with E-state index in [1.165, 1.54) is 12.1 Å². The van der Waals surface area contributed by atoms with E-state index in [4.69, 9.17) is 9.26 Å². The SMILES string of the molecule is CC(C)Oc1ccc(CCNC(=O)c2cc(-c3ccccc3F)on2)cc1. The zero-order valence-corrected chi connectivity index (χ0v) is 15.2. The molecule has 3 rings (SSSR count). The van der Waals surface area contributed by atoms with E-state index in [1.54, 1.807) is 18.2 Å². The predicted octanol–water partition coefficient (Wildman–Crippen LogP) is 4.24. The van der Waals surface area contributed by atoms with E-state index in [0.29, 0.717) is 13.0 Å². The van der Waals surface area contributed by atoms with E-state index in [-0.39, 0.29) is 29.0 Å². The lowest BCUT2D eigenvalue weighted by atomic mass is 10.1. The molecule has 1 heterocycles. The molecule has 0 aliphatic heterocycles. The number of hydrogen-bond acceptors (Lipinski definition) is 4. The third-order valence-electron chi connectivity index (χ3n) is 3.88. The maximum atomic E-state index is 13.8. The Morgan fingerprint density at radius 3 is 2.63 bits per heavy atom. The van der Waals surface area contributed by atoms with Crippen LogP contribution >= 0.6 is 0 Å². The molecule has 0 spiro atoms. The summed E-state index contributed by atoms with van der Waals surface area (Å²) < 4.78 is 24.5. The Morgan fingerprint density at radius 2 is 1.93 bits per heavy atom. The molecule has 0 bridgehead atoms. The number of nitrogens with zero attached hydrogens (tertiary/aromatic N) is 1. The van der Waals surface area contributed by atoms with Crippen molar-refractivity contribution in [3.05, 3.63) is 71.7 Å². The molecule has 0 aliphatic carbocycles. The van der Waals surface area contributed by atoms with Gasteiger partial charge in [-0.25, -0.2) is 4.39 Å². The molecule has 5 nitrogen and oxygen atoms in total. The number of benzene rings is 2. The van der Waals surface area contributed by atoms with Crippen LogP contribution in [-0.2, 0) is 6.42 Å². The first-order valence-electron chi connectivity index (χ1n) is 8.78. The molecule has 0 atom stereocenters. The lowest BCUT2D eigenvalue weighted by molar-refractivity contribution is 0.0945. The Kier molecular flexibility index (Phi) is 5.86. The number of nitrogens with one attached hydrogen (secondary N) is 1. The summed E-state index contributed by atoms with van der Waals surface area (Å²) >= 11 is 0. The third kappa shape index (κ3) is 4.94. The zero-order chi connectivity index (χ0) is 19.2. The number of carbonyl (C=O) groups is 1. The molecular formula is C21H21FN2O3. The fraction of sp³-hybridized carbons (Fsp3) is 0.238. The van der Waals surface area contributed by atoms with Gasteiger partial charge in [0, 0.05) is 12.6 Å². The van der Waals surface area contributed by atoms with Crippen molar-refractivity contribution in [2.45, 2.75) is 26.4 Å². The van der Waals surface area contributed by atoms with Crippen LogP contribution in [0.3, 0.4) is 0 Å². The highest BCUT2D eigenvalue weighted by Gasteiger charge is 2.15. The molecule has 1 amide bonds. The largest absolute Gasteiger partial charge is 0.491 e. The summed E-state index contributed by atoms with van der Waals surface area (Å²) in [6.45, 7) is 4.40. The van der Waals surface area contributed by atoms with Crippen molar-refractivity contribution < 1.29 is 18.4 Å². The number of aromatic nitrogens is 1. The summed E-state index contributed by atoms with van der Waals surface area (Å²) in [5, 5.41) is 6.52. The first kappa shape index (κ1) is 18.6. The summed E-state index contributed by atoms with van der Waals surface area (Å²) in [6.07, 6.45) is 0.804. The number of hydrogen-bond donors (Lipinski definition) is 1. The Labute approximate surface area is 157 Å². The molecule has 140 valence electrons. The van der Waals surface area contributed by atoms with Gasteiger partial charge in [-0.1, -0.05) is 29.4 Å². The Balaban J connectivity index is 1.53. The minimum absolute atomic E-state index is 0.119. The average molecular weight is 368 g/mol. The van der Waals surface area contributed by atoms with Gasteiger partial charge in [-0.2, -0.15) is 0 Å². The van der Waals surface area contributed by atoms with Gasteiger partial charge in [0.2, 0.25) is 0 Å². The van der Waals surface area contributed by atoms with Crippen molar-refractivity contribution in [3.8, 4) is 17.1 Å². The summed E-state index contributed by atoms with van der Waals surface area (Å²) in [5.41, 5.74) is 1.47. The minimum Gasteiger partial charge on any atom is -0.491 e. The fourth-order valence-electron chi connectivity index (χ4n) is 2.59. The van der Waals surface area contributed by atoms with Gasteiger partial charge in [-0.3, -0.25) is 4.79 Å². The van der Waals surface area contributed by atoms with Crippen molar-refractivity contribution in [2.24, 2.45) is 0 Å². The van der Waals surface area contributed by atoms with Crippen LogP contribution < -0.4 is 10.1 Å². The number of ether oxygens (including phenoxy) is 1. The quantitative estimate of drug-likeness (QED) is 0.677. The van der Waals surface area contributed by atoms with E-state index >= 15 is 0 Å². The molecule has 0 saturated carbocycles.